The minimum Gasteiger partial charge on any atom is -0.348 e. The van der Waals surface area contributed by atoms with Crippen LogP contribution in [-0.2, 0) is 0 Å². The molecule has 1 atom stereocenters. The van der Waals surface area contributed by atoms with Gasteiger partial charge in [-0.1, -0.05) is 81.4 Å². The number of carbonyl (C=O) groups is 1. The molecule has 0 fully saturated rings. The Hall–Kier alpha value is -3.04. The van der Waals surface area contributed by atoms with Gasteiger partial charge in [-0.3, -0.25) is 14.9 Å². The molecule has 0 bridgehead atoms. The fraction of sp³-hybridized carbons (Fsp3) is 0.240. The zero-order valence-corrected chi connectivity index (χ0v) is 18.9. The Morgan fingerprint density at radius 2 is 1.39 bits per heavy atom. The van der Waals surface area contributed by atoms with Crippen LogP contribution < -0.4 is 15.9 Å². The first-order valence-corrected chi connectivity index (χ1v) is 11.7. The molecule has 0 spiro atoms. The summed E-state index contributed by atoms with van der Waals surface area (Å²) in [6.45, 7) is 6.37. The maximum Gasteiger partial charge on any atom is 0.269 e. The lowest BCUT2D eigenvalue weighted by atomic mass is 9.87. The van der Waals surface area contributed by atoms with Crippen molar-refractivity contribution in [1.82, 2.24) is 5.32 Å². The lowest BCUT2D eigenvalue weighted by Gasteiger charge is -2.35. The van der Waals surface area contributed by atoms with Crippen LogP contribution in [0.15, 0.2) is 84.9 Å². The van der Waals surface area contributed by atoms with Gasteiger partial charge in [-0.2, -0.15) is 0 Å². The minimum atomic E-state index is -0.672. The molecular weight excluding hydrogens is 407 g/mol. The van der Waals surface area contributed by atoms with Crippen LogP contribution in [0.3, 0.4) is 0 Å². The first kappa shape index (κ1) is 22.6. The number of hydrogen-bond acceptors (Lipinski definition) is 3. The van der Waals surface area contributed by atoms with E-state index in [4.69, 9.17) is 0 Å². The van der Waals surface area contributed by atoms with Crippen molar-refractivity contribution in [1.29, 1.82) is 0 Å². The van der Waals surface area contributed by atoms with Crippen molar-refractivity contribution >= 4 is 30.1 Å². The van der Waals surface area contributed by atoms with Gasteiger partial charge < -0.3 is 5.32 Å². The quantitative estimate of drug-likeness (QED) is 0.328. The second-order valence-electron chi connectivity index (χ2n) is 8.48. The van der Waals surface area contributed by atoms with Gasteiger partial charge in [-0.15, -0.1) is 0 Å². The van der Waals surface area contributed by atoms with Crippen LogP contribution in [0.5, 0.6) is 0 Å². The van der Waals surface area contributed by atoms with Crippen LogP contribution in [0.4, 0.5) is 5.69 Å². The lowest BCUT2D eigenvalue weighted by molar-refractivity contribution is -0.384. The minimum absolute atomic E-state index is 0.0272. The second kappa shape index (κ2) is 9.84. The zero-order valence-electron chi connectivity index (χ0n) is 18.0. The summed E-state index contributed by atoms with van der Waals surface area (Å²) in [6, 6.07) is 26.5. The van der Waals surface area contributed by atoms with Crippen LogP contribution in [0.1, 0.15) is 31.1 Å². The molecule has 0 saturated carbocycles. The van der Waals surface area contributed by atoms with Gasteiger partial charge in [0, 0.05) is 23.7 Å². The van der Waals surface area contributed by atoms with Crippen molar-refractivity contribution < 1.29 is 9.72 Å². The summed E-state index contributed by atoms with van der Waals surface area (Å²) in [5, 5.41) is 16.6. The smallest absolute Gasteiger partial charge is 0.269 e. The van der Waals surface area contributed by atoms with Crippen LogP contribution in [-0.4, -0.2) is 23.0 Å². The summed E-state index contributed by atoms with van der Waals surface area (Å²) in [5.74, 6) is -0.217. The van der Waals surface area contributed by atoms with E-state index in [0.717, 1.165) is 6.16 Å². The fourth-order valence-electron chi connectivity index (χ4n) is 3.27. The number of non-ortho nitro benzene ring substituents is 1. The van der Waals surface area contributed by atoms with Crippen molar-refractivity contribution in [3.8, 4) is 0 Å². The van der Waals surface area contributed by atoms with E-state index in [1.54, 1.807) is 0 Å². The Bertz CT molecular complexity index is 977. The van der Waals surface area contributed by atoms with Crippen LogP contribution in [0.25, 0.3) is 0 Å². The number of carbonyl (C=O) groups excluding carboxylic acids is 1. The molecule has 1 N–H and O–H groups in total. The predicted molar refractivity (Wildman–Crippen MR) is 128 cm³/mol. The molecule has 3 aromatic carbocycles. The summed E-state index contributed by atoms with van der Waals surface area (Å²) in [7, 11) is -0.672. The third-order valence-electron chi connectivity index (χ3n) is 5.19. The average Bonchev–Trinajstić information content (AvgIpc) is 2.77. The fourth-order valence-corrected chi connectivity index (χ4v) is 6.06. The van der Waals surface area contributed by atoms with Crippen LogP contribution in [0, 0.1) is 15.5 Å². The highest BCUT2D eigenvalue weighted by molar-refractivity contribution is 7.73. The molecule has 0 aliphatic heterocycles. The first-order valence-electron chi connectivity index (χ1n) is 10.2. The number of nitro groups is 1. The second-order valence-corrected chi connectivity index (χ2v) is 10.7. The molecule has 31 heavy (non-hydrogen) atoms. The molecule has 3 aromatic rings. The molecule has 5 nitrogen and oxygen atoms in total. The topological polar surface area (TPSA) is 72.2 Å². The molecule has 0 aliphatic rings. The summed E-state index contributed by atoms with van der Waals surface area (Å²) < 4.78 is 0. The number of benzene rings is 3. The molecule has 6 heteroatoms. The molecule has 3 rings (SSSR count). The number of nitrogens with zero attached hydrogens (tertiary/aromatic N) is 1. The highest BCUT2D eigenvalue weighted by atomic mass is 31.1. The molecule has 1 amide bonds. The number of nitro benzene ring substituents is 1. The van der Waals surface area contributed by atoms with Crippen molar-refractivity contribution in [2.24, 2.45) is 5.41 Å². The van der Waals surface area contributed by atoms with Gasteiger partial charge in [0.15, 0.2) is 0 Å². The van der Waals surface area contributed by atoms with Gasteiger partial charge in [0.25, 0.3) is 11.6 Å². The van der Waals surface area contributed by atoms with E-state index in [-0.39, 0.29) is 23.1 Å². The van der Waals surface area contributed by atoms with Crippen molar-refractivity contribution in [3.05, 3.63) is 101 Å². The number of rotatable bonds is 7. The molecule has 160 valence electrons. The van der Waals surface area contributed by atoms with Crippen molar-refractivity contribution in [3.63, 3.8) is 0 Å². The van der Waals surface area contributed by atoms with Gasteiger partial charge in [-0.25, -0.2) is 0 Å². The van der Waals surface area contributed by atoms with Gasteiger partial charge in [-0.05, 0) is 42.2 Å². The summed E-state index contributed by atoms with van der Waals surface area (Å²) in [6.07, 6.45) is 0.797. The molecule has 0 aliphatic carbocycles. The Morgan fingerprint density at radius 1 is 0.903 bits per heavy atom. The summed E-state index contributed by atoms with van der Waals surface area (Å²) in [5.41, 5.74) is 0.227. The first-order chi connectivity index (χ1) is 14.8. The third-order valence-corrected chi connectivity index (χ3v) is 7.77. The maximum atomic E-state index is 13.0. The molecule has 0 saturated heterocycles. The van der Waals surface area contributed by atoms with E-state index in [9.17, 15) is 14.9 Å². The highest BCUT2D eigenvalue weighted by Crippen LogP contribution is 2.38. The third kappa shape index (κ3) is 5.99. The van der Waals surface area contributed by atoms with E-state index < -0.39 is 12.8 Å². The number of amides is 1. The monoisotopic (exact) mass is 434 g/mol. The van der Waals surface area contributed by atoms with E-state index >= 15 is 0 Å². The van der Waals surface area contributed by atoms with Gasteiger partial charge in [0.1, 0.15) is 0 Å². The van der Waals surface area contributed by atoms with E-state index in [1.165, 1.54) is 34.9 Å². The summed E-state index contributed by atoms with van der Waals surface area (Å²) >= 11 is 0. The van der Waals surface area contributed by atoms with Gasteiger partial charge in [0.05, 0.1) is 4.92 Å². The standard InChI is InChI=1S/C25H27N2O3P/c1-25(2,3)23(26-24(28)19-14-16-20(17-15-19)27(29)30)18-31(21-10-6-4-7-11-21)22-12-8-5-9-13-22/h4-17,23H,18H2,1-3H3,(H,26,28)/t23-/m1/s1. The normalized spacial score (nSPS) is 12.4. The largest absolute Gasteiger partial charge is 0.348 e. The van der Waals surface area contributed by atoms with E-state index in [0.29, 0.717) is 5.56 Å². The zero-order chi connectivity index (χ0) is 22.4. The van der Waals surface area contributed by atoms with Crippen molar-refractivity contribution in [2.75, 3.05) is 6.16 Å². The molecule has 0 unspecified atom stereocenters. The molecule has 0 heterocycles. The number of hydrogen-bond donors (Lipinski definition) is 1. The van der Waals surface area contributed by atoms with Crippen LogP contribution in [0.2, 0.25) is 0 Å². The Balaban J connectivity index is 1.87. The SMILES string of the molecule is CC(C)(C)[C@@H](CP(c1ccccc1)c1ccccc1)NC(=O)c1ccc([N+](=O)[O-])cc1. The Labute approximate surface area is 184 Å². The van der Waals surface area contributed by atoms with E-state index in [1.807, 2.05) is 12.1 Å². The van der Waals surface area contributed by atoms with Gasteiger partial charge in [0.2, 0.25) is 0 Å². The maximum absolute atomic E-state index is 13.0. The predicted octanol–water partition coefficient (Wildman–Crippen LogP) is 4.87. The summed E-state index contributed by atoms with van der Waals surface area (Å²) in [4.78, 5) is 23.4. The van der Waals surface area contributed by atoms with E-state index in [2.05, 4.69) is 74.6 Å². The highest BCUT2D eigenvalue weighted by Gasteiger charge is 2.30. The van der Waals surface area contributed by atoms with Gasteiger partial charge >= 0.3 is 0 Å². The molecule has 0 aromatic heterocycles. The van der Waals surface area contributed by atoms with Crippen molar-refractivity contribution in [2.45, 2.75) is 26.8 Å². The number of nitrogens with one attached hydrogen (secondary N) is 1. The lowest BCUT2D eigenvalue weighted by Crippen LogP contribution is -2.46. The Kier molecular flexibility index (Phi) is 7.19. The van der Waals surface area contributed by atoms with Crippen LogP contribution >= 0.6 is 7.92 Å². The molecular formula is C25H27N2O3P. The average molecular weight is 434 g/mol. The molecule has 0 radical (unpaired) electrons. The Morgan fingerprint density at radius 3 is 1.81 bits per heavy atom.